The molecule has 3 rings (SSSR count). The average molecular weight is 192 g/mol. The molecule has 0 radical (unpaired) electrons. The van der Waals surface area contributed by atoms with Crippen LogP contribution in [0.3, 0.4) is 0 Å². The van der Waals surface area contributed by atoms with Crippen LogP contribution in [0.2, 0.25) is 0 Å². The normalized spacial score (nSPS) is 38.8. The molecule has 12 heavy (non-hydrogen) atoms. The van der Waals surface area contributed by atoms with Gasteiger partial charge in [0.15, 0.2) is 0 Å². The molecule has 2 saturated heterocycles. The summed E-state index contributed by atoms with van der Waals surface area (Å²) in [6.07, 6.45) is 4.56. The van der Waals surface area contributed by atoms with Crippen molar-refractivity contribution in [2.24, 2.45) is 5.92 Å². The minimum atomic E-state index is -0.667. The van der Waals surface area contributed by atoms with Crippen LogP contribution in [0.1, 0.15) is 25.7 Å². The molecule has 0 spiro atoms. The van der Waals surface area contributed by atoms with Crippen molar-refractivity contribution in [2.45, 2.75) is 37.8 Å². The van der Waals surface area contributed by atoms with Crippen LogP contribution in [0.25, 0.3) is 0 Å². The third kappa shape index (κ3) is 1.57. The lowest BCUT2D eigenvalue weighted by Gasteiger charge is -2.41. The van der Waals surface area contributed by atoms with Crippen molar-refractivity contribution in [2.75, 3.05) is 0 Å². The van der Waals surface area contributed by atoms with Gasteiger partial charge in [0.05, 0.1) is 0 Å². The molecule has 3 nitrogen and oxygen atoms in total. The molecule has 1 saturated carbocycles. The van der Waals surface area contributed by atoms with Crippen molar-refractivity contribution >= 4 is 18.4 Å². The number of hydrogen-bond acceptors (Lipinski definition) is 2. The fourth-order valence-electron chi connectivity index (χ4n) is 2.28. The largest absolute Gasteiger partial charge is 0.480 e. The highest BCUT2D eigenvalue weighted by Crippen LogP contribution is 2.32. The van der Waals surface area contributed by atoms with Gasteiger partial charge < -0.3 is 10.4 Å². The van der Waals surface area contributed by atoms with Crippen LogP contribution < -0.4 is 5.32 Å². The van der Waals surface area contributed by atoms with E-state index in [0.717, 1.165) is 12.8 Å². The Morgan fingerprint density at radius 2 is 1.83 bits per heavy atom. The van der Waals surface area contributed by atoms with Gasteiger partial charge in [0.25, 0.3) is 0 Å². The van der Waals surface area contributed by atoms with E-state index in [1.54, 1.807) is 0 Å². The van der Waals surface area contributed by atoms with Crippen molar-refractivity contribution in [3.8, 4) is 0 Å². The van der Waals surface area contributed by atoms with Crippen LogP contribution in [-0.4, -0.2) is 23.2 Å². The average Bonchev–Trinajstić information content (AvgIpc) is 2.06. The van der Waals surface area contributed by atoms with Crippen molar-refractivity contribution < 1.29 is 9.90 Å². The lowest BCUT2D eigenvalue weighted by molar-refractivity contribution is -0.143. The van der Waals surface area contributed by atoms with Gasteiger partial charge in [-0.25, -0.2) is 0 Å². The van der Waals surface area contributed by atoms with Gasteiger partial charge in [-0.2, -0.15) is 0 Å². The maximum Gasteiger partial charge on any atom is 0.320 e. The second-order valence-corrected chi connectivity index (χ2v) is 3.59. The molecule has 4 heteroatoms. The number of halogens is 1. The van der Waals surface area contributed by atoms with Gasteiger partial charge in [-0.3, -0.25) is 4.79 Å². The Labute approximate surface area is 77.9 Å². The Morgan fingerprint density at radius 3 is 2.08 bits per heavy atom. The van der Waals surface area contributed by atoms with E-state index in [2.05, 4.69) is 5.32 Å². The first-order chi connectivity index (χ1) is 5.27. The molecule has 0 amide bonds. The molecule has 0 aromatic carbocycles. The number of nitrogens with one attached hydrogen (secondary N) is 1. The molecular formula is C8H14ClNO2. The van der Waals surface area contributed by atoms with Crippen molar-refractivity contribution in [1.29, 1.82) is 0 Å². The fourth-order valence-corrected chi connectivity index (χ4v) is 2.28. The highest BCUT2D eigenvalue weighted by Gasteiger charge is 2.38. The standard InChI is InChI=1S/C8H13NO2.ClH/c10-8(11)7-5-1-3-6(9-7)4-2-5;/h5-7,9H,1-4H2,(H,10,11);1H/t5?,6?,7-;/m1./s1. The second-order valence-electron chi connectivity index (χ2n) is 3.59. The third-order valence-corrected chi connectivity index (χ3v) is 2.92. The van der Waals surface area contributed by atoms with Gasteiger partial charge in [-0.1, -0.05) is 0 Å². The topological polar surface area (TPSA) is 49.3 Å². The van der Waals surface area contributed by atoms with Crippen LogP contribution in [0.4, 0.5) is 0 Å². The second kappa shape index (κ2) is 3.62. The van der Waals surface area contributed by atoms with E-state index in [4.69, 9.17) is 5.11 Å². The van der Waals surface area contributed by atoms with E-state index in [0.29, 0.717) is 12.0 Å². The third-order valence-electron chi connectivity index (χ3n) is 2.92. The predicted octanol–water partition coefficient (Wildman–Crippen LogP) is 1.02. The molecule has 0 aromatic rings. The molecule has 3 aliphatic rings. The Balaban J connectivity index is 0.000000720. The number of piperidine rings is 2. The maximum absolute atomic E-state index is 10.7. The number of fused-ring (bicyclic) bond motifs is 3. The number of hydrogen-bond donors (Lipinski definition) is 2. The van der Waals surface area contributed by atoms with Crippen LogP contribution in [0.15, 0.2) is 0 Å². The summed E-state index contributed by atoms with van der Waals surface area (Å²) in [7, 11) is 0. The van der Waals surface area contributed by atoms with E-state index >= 15 is 0 Å². The minimum absolute atomic E-state index is 0. The highest BCUT2D eigenvalue weighted by atomic mass is 35.5. The summed E-state index contributed by atoms with van der Waals surface area (Å²) >= 11 is 0. The van der Waals surface area contributed by atoms with E-state index in [-0.39, 0.29) is 18.4 Å². The van der Waals surface area contributed by atoms with Crippen LogP contribution in [0, 0.1) is 5.92 Å². The Hall–Kier alpha value is -0.280. The fraction of sp³-hybridized carbons (Fsp3) is 0.875. The first-order valence-corrected chi connectivity index (χ1v) is 4.26. The van der Waals surface area contributed by atoms with Crippen LogP contribution >= 0.6 is 12.4 Å². The predicted molar refractivity (Wildman–Crippen MR) is 47.6 cm³/mol. The molecule has 2 aliphatic heterocycles. The summed E-state index contributed by atoms with van der Waals surface area (Å²) < 4.78 is 0. The first-order valence-electron chi connectivity index (χ1n) is 4.26. The SMILES string of the molecule is Cl.O=C(O)[C@@H]1NC2CCC1CC2. The number of carboxylic acid groups (broad SMARTS) is 1. The number of aliphatic carboxylic acids is 1. The Kier molecular flexibility index (Phi) is 2.96. The highest BCUT2D eigenvalue weighted by molar-refractivity contribution is 5.85. The van der Waals surface area contributed by atoms with E-state index in [1.807, 2.05) is 0 Å². The maximum atomic E-state index is 10.7. The quantitative estimate of drug-likeness (QED) is 0.651. The van der Waals surface area contributed by atoms with Gasteiger partial charge in [0.1, 0.15) is 6.04 Å². The van der Waals surface area contributed by atoms with Gasteiger partial charge >= 0.3 is 5.97 Å². The summed E-state index contributed by atoms with van der Waals surface area (Å²) in [5, 5.41) is 12.0. The van der Waals surface area contributed by atoms with Crippen molar-refractivity contribution in [3.63, 3.8) is 0 Å². The summed E-state index contributed by atoms with van der Waals surface area (Å²) in [5.74, 6) is -0.267. The lowest BCUT2D eigenvalue weighted by atomic mass is 9.76. The molecule has 2 heterocycles. The summed E-state index contributed by atoms with van der Waals surface area (Å²) in [6, 6.07) is 0.239. The smallest absolute Gasteiger partial charge is 0.320 e. The summed E-state index contributed by atoms with van der Waals surface area (Å²) in [5.41, 5.74) is 0. The van der Waals surface area contributed by atoms with E-state index in [9.17, 15) is 4.79 Å². The van der Waals surface area contributed by atoms with E-state index in [1.165, 1.54) is 12.8 Å². The molecule has 0 aromatic heterocycles. The number of carboxylic acids is 1. The zero-order valence-corrected chi connectivity index (χ0v) is 7.64. The first kappa shape index (κ1) is 9.81. The molecule has 2 bridgehead atoms. The van der Waals surface area contributed by atoms with Gasteiger partial charge in [-0.05, 0) is 31.6 Å². The molecule has 0 unspecified atom stereocenters. The molecule has 1 atom stereocenters. The van der Waals surface area contributed by atoms with Crippen molar-refractivity contribution in [3.05, 3.63) is 0 Å². The zero-order valence-electron chi connectivity index (χ0n) is 6.82. The monoisotopic (exact) mass is 191 g/mol. The Morgan fingerprint density at radius 1 is 1.25 bits per heavy atom. The zero-order chi connectivity index (χ0) is 7.84. The minimum Gasteiger partial charge on any atom is -0.480 e. The Bertz CT molecular complexity index is 178. The molecule has 2 N–H and O–H groups in total. The van der Waals surface area contributed by atoms with Gasteiger partial charge in [-0.15, -0.1) is 12.4 Å². The summed E-state index contributed by atoms with van der Waals surface area (Å²) in [6.45, 7) is 0. The molecular weight excluding hydrogens is 178 g/mol. The lowest BCUT2D eigenvalue weighted by Crippen LogP contribution is -2.55. The van der Waals surface area contributed by atoms with Crippen LogP contribution in [0.5, 0.6) is 0 Å². The molecule has 1 aliphatic carbocycles. The van der Waals surface area contributed by atoms with E-state index < -0.39 is 5.97 Å². The molecule has 3 fully saturated rings. The van der Waals surface area contributed by atoms with Crippen molar-refractivity contribution in [1.82, 2.24) is 5.32 Å². The number of rotatable bonds is 1. The van der Waals surface area contributed by atoms with Gasteiger partial charge in [0, 0.05) is 6.04 Å². The number of carbonyl (C=O) groups is 1. The van der Waals surface area contributed by atoms with Gasteiger partial charge in [0.2, 0.25) is 0 Å². The summed E-state index contributed by atoms with van der Waals surface area (Å²) in [4.78, 5) is 10.7. The van der Waals surface area contributed by atoms with Crippen LogP contribution in [-0.2, 0) is 4.79 Å². The molecule has 70 valence electrons.